The second-order valence-electron chi connectivity index (χ2n) is 5.81. The highest BCUT2D eigenvalue weighted by atomic mass is 19.1. The van der Waals surface area contributed by atoms with Crippen molar-refractivity contribution in [3.05, 3.63) is 29.8 Å². The van der Waals surface area contributed by atoms with Gasteiger partial charge in [0.05, 0.1) is 5.69 Å². The number of hydrogen-bond acceptors (Lipinski definition) is 2. The fourth-order valence-corrected chi connectivity index (χ4v) is 2.83. The number of anilines is 1. The van der Waals surface area contributed by atoms with Crippen molar-refractivity contribution in [1.82, 2.24) is 4.90 Å². The lowest BCUT2D eigenvalue weighted by atomic mass is 10.2. The van der Waals surface area contributed by atoms with Crippen LogP contribution in [0.3, 0.4) is 0 Å². The minimum Gasteiger partial charge on any atom is -0.343 e. The molecule has 4 nitrogen and oxygen atoms in total. The summed E-state index contributed by atoms with van der Waals surface area (Å²) in [5.74, 6) is -1.90. The molecule has 0 aliphatic carbocycles. The Morgan fingerprint density at radius 1 is 1.13 bits per heavy atom. The molecule has 1 heterocycles. The standard InChI is InChI=1S/C17H22F2N2O2/c1-13(22)21(16-7-6-14(18)12-15(16)19)11-8-17(23)20-9-4-2-3-5-10-20/h6-7,12H,2-5,8-11H2,1H3. The molecule has 0 spiro atoms. The second kappa shape index (κ2) is 8.04. The monoisotopic (exact) mass is 324 g/mol. The molecule has 126 valence electrons. The zero-order valence-corrected chi connectivity index (χ0v) is 13.4. The van der Waals surface area contributed by atoms with E-state index in [-0.39, 0.29) is 30.5 Å². The molecule has 0 saturated carbocycles. The largest absolute Gasteiger partial charge is 0.343 e. The lowest BCUT2D eigenvalue weighted by Gasteiger charge is -2.24. The fraction of sp³-hybridized carbons (Fsp3) is 0.529. The Bertz CT molecular complexity index is 570. The predicted octanol–water partition coefficient (Wildman–Crippen LogP) is 3.11. The van der Waals surface area contributed by atoms with Crippen molar-refractivity contribution in [2.45, 2.75) is 39.0 Å². The van der Waals surface area contributed by atoms with Crippen LogP contribution in [0, 0.1) is 11.6 Å². The van der Waals surface area contributed by atoms with Gasteiger partial charge in [0.15, 0.2) is 0 Å². The third kappa shape index (κ3) is 4.74. The van der Waals surface area contributed by atoms with E-state index >= 15 is 0 Å². The first-order chi connectivity index (χ1) is 11.0. The third-order valence-electron chi connectivity index (χ3n) is 4.09. The molecule has 1 aliphatic heterocycles. The summed E-state index contributed by atoms with van der Waals surface area (Å²) in [5.41, 5.74) is 0.00238. The Balaban J connectivity index is 2.02. The highest BCUT2D eigenvalue weighted by molar-refractivity contribution is 5.92. The number of likely N-dealkylation sites (tertiary alicyclic amines) is 1. The van der Waals surface area contributed by atoms with E-state index in [4.69, 9.17) is 0 Å². The van der Waals surface area contributed by atoms with Gasteiger partial charge >= 0.3 is 0 Å². The van der Waals surface area contributed by atoms with Gasteiger partial charge in [-0.15, -0.1) is 0 Å². The maximum atomic E-state index is 13.9. The first-order valence-electron chi connectivity index (χ1n) is 8.00. The van der Waals surface area contributed by atoms with E-state index in [1.54, 1.807) is 0 Å². The molecule has 23 heavy (non-hydrogen) atoms. The number of benzene rings is 1. The van der Waals surface area contributed by atoms with Crippen molar-refractivity contribution < 1.29 is 18.4 Å². The van der Waals surface area contributed by atoms with Crippen LogP contribution in [0.2, 0.25) is 0 Å². The molecule has 2 amide bonds. The van der Waals surface area contributed by atoms with E-state index in [1.807, 2.05) is 4.90 Å². The maximum Gasteiger partial charge on any atom is 0.224 e. The van der Waals surface area contributed by atoms with E-state index in [2.05, 4.69) is 0 Å². The highest BCUT2D eigenvalue weighted by Crippen LogP contribution is 2.21. The van der Waals surface area contributed by atoms with Gasteiger partial charge in [-0.3, -0.25) is 9.59 Å². The zero-order chi connectivity index (χ0) is 16.8. The van der Waals surface area contributed by atoms with Gasteiger partial charge in [-0.05, 0) is 25.0 Å². The number of nitrogens with zero attached hydrogens (tertiary/aromatic N) is 2. The lowest BCUT2D eigenvalue weighted by Crippen LogP contribution is -2.37. The Kier molecular flexibility index (Phi) is 6.07. The van der Waals surface area contributed by atoms with E-state index in [0.29, 0.717) is 0 Å². The average Bonchev–Trinajstić information content (AvgIpc) is 2.78. The van der Waals surface area contributed by atoms with Gasteiger partial charge in [-0.2, -0.15) is 0 Å². The van der Waals surface area contributed by atoms with Crippen LogP contribution in [0.4, 0.5) is 14.5 Å². The molecule has 1 aliphatic rings. The summed E-state index contributed by atoms with van der Waals surface area (Å²) in [5, 5.41) is 0. The van der Waals surface area contributed by atoms with Gasteiger partial charge in [-0.1, -0.05) is 12.8 Å². The molecule has 1 aromatic carbocycles. The fourth-order valence-electron chi connectivity index (χ4n) is 2.83. The topological polar surface area (TPSA) is 40.6 Å². The summed E-state index contributed by atoms with van der Waals surface area (Å²) in [7, 11) is 0. The number of hydrogen-bond donors (Lipinski definition) is 0. The van der Waals surface area contributed by atoms with Gasteiger partial charge in [0.1, 0.15) is 11.6 Å². The van der Waals surface area contributed by atoms with E-state index in [1.165, 1.54) is 17.9 Å². The van der Waals surface area contributed by atoms with Crippen LogP contribution >= 0.6 is 0 Å². The number of rotatable bonds is 4. The normalized spacial score (nSPS) is 15.2. The van der Waals surface area contributed by atoms with Gasteiger partial charge in [0.2, 0.25) is 11.8 Å². The second-order valence-corrected chi connectivity index (χ2v) is 5.81. The lowest BCUT2D eigenvalue weighted by molar-refractivity contribution is -0.131. The van der Waals surface area contributed by atoms with Crippen molar-refractivity contribution in [1.29, 1.82) is 0 Å². The molecule has 6 heteroatoms. The Morgan fingerprint density at radius 3 is 2.35 bits per heavy atom. The van der Waals surface area contributed by atoms with Crippen LogP contribution in [0.5, 0.6) is 0 Å². The zero-order valence-electron chi connectivity index (χ0n) is 13.4. The summed E-state index contributed by atoms with van der Waals surface area (Å²) < 4.78 is 26.9. The van der Waals surface area contributed by atoms with Crippen molar-refractivity contribution in [2.24, 2.45) is 0 Å². The van der Waals surface area contributed by atoms with E-state index in [0.717, 1.165) is 50.9 Å². The molecule has 0 bridgehead atoms. The van der Waals surface area contributed by atoms with E-state index < -0.39 is 11.6 Å². The van der Waals surface area contributed by atoms with Crippen LogP contribution in [0.25, 0.3) is 0 Å². The van der Waals surface area contributed by atoms with Crippen molar-refractivity contribution >= 4 is 17.5 Å². The molecule has 1 fully saturated rings. The van der Waals surface area contributed by atoms with Gasteiger partial charge < -0.3 is 9.80 Å². The molecule has 0 atom stereocenters. The summed E-state index contributed by atoms with van der Waals surface area (Å²) in [4.78, 5) is 27.0. The molecule has 0 radical (unpaired) electrons. The molecule has 0 unspecified atom stereocenters. The Labute approximate surface area is 135 Å². The summed E-state index contributed by atoms with van der Waals surface area (Å²) >= 11 is 0. The summed E-state index contributed by atoms with van der Waals surface area (Å²) in [6, 6.07) is 3.06. The third-order valence-corrected chi connectivity index (χ3v) is 4.09. The first-order valence-corrected chi connectivity index (χ1v) is 8.00. The number of carbonyl (C=O) groups is 2. The number of amides is 2. The maximum absolute atomic E-state index is 13.9. The molecule has 1 saturated heterocycles. The molecular formula is C17H22F2N2O2. The highest BCUT2D eigenvalue weighted by Gasteiger charge is 2.20. The van der Waals surface area contributed by atoms with Gasteiger partial charge in [-0.25, -0.2) is 8.78 Å². The van der Waals surface area contributed by atoms with Crippen LogP contribution < -0.4 is 4.90 Å². The SMILES string of the molecule is CC(=O)N(CCC(=O)N1CCCCCC1)c1ccc(F)cc1F. The molecular weight excluding hydrogens is 302 g/mol. The minimum absolute atomic E-state index is 0.00238. The van der Waals surface area contributed by atoms with Crippen LogP contribution in [-0.4, -0.2) is 36.3 Å². The van der Waals surface area contributed by atoms with Gasteiger partial charge in [0, 0.05) is 39.0 Å². The van der Waals surface area contributed by atoms with Crippen molar-refractivity contribution in [3.8, 4) is 0 Å². The molecule has 2 rings (SSSR count). The number of halogens is 2. The smallest absolute Gasteiger partial charge is 0.224 e. The van der Waals surface area contributed by atoms with Crippen LogP contribution in [-0.2, 0) is 9.59 Å². The van der Waals surface area contributed by atoms with Crippen molar-refractivity contribution in [3.63, 3.8) is 0 Å². The quantitative estimate of drug-likeness (QED) is 0.854. The minimum atomic E-state index is -0.803. The predicted molar refractivity (Wildman–Crippen MR) is 84.1 cm³/mol. The molecule has 0 N–H and O–H groups in total. The average molecular weight is 324 g/mol. The summed E-state index contributed by atoms with van der Waals surface area (Å²) in [6.45, 7) is 2.88. The van der Waals surface area contributed by atoms with Crippen LogP contribution in [0.15, 0.2) is 18.2 Å². The van der Waals surface area contributed by atoms with Crippen LogP contribution in [0.1, 0.15) is 39.0 Å². The van der Waals surface area contributed by atoms with Crippen molar-refractivity contribution in [2.75, 3.05) is 24.5 Å². The Hall–Kier alpha value is -1.98. The molecule has 0 aromatic heterocycles. The molecule has 1 aromatic rings. The number of carbonyl (C=O) groups excluding carboxylic acids is 2. The van der Waals surface area contributed by atoms with E-state index in [9.17, 15) is 18.4 Å². The first kappa shape index (κ1) is 17.4. The summed E-state index contributed by atoms with van der Waals surface area (Å²) in [6.07, 6.45) is 4.38. The Morgan fingerprint density at radius 2 is 1.78 bits per heavy atom. The van der Waals surface area contributed by atoms with Gasteiger partial charge in [0.25, 0.3) is 0 Å².